The van der Waals surface area contributed by atoms with Crippen LogP contribution in [0.25, 0.3) is 11.3 Å². The first kappa shape index (κ1) is 14.3. The van der Waals surface area contributed by atoms with Gasteiger partial charge in [-0.05, 0) is 31.9 Å². The van der Waals surface area contributed by atoms with Crippen molar-refractivity contribution in [3.63, 3.8) is 0 Å². The number of aryl methyl sites for hydroxylation is 3. The third-order valence-electron chi connectivity index (χ3n) is 3.38. The van der Waals surface area contributed by atoms with Crippen molar-refractivity contribution < 1.29 is 9.90 Å². The average Bonchev–Trinajstić information content (AvgIpc) is 2.80. The molecule has 0 bridgehead atoms. The van der Waals surface area contributed by atoms with Gasteiger partial charge in [-0.2, -0.15) is 5.10 Å². The highest BCUT2D eigenvalue weighted by Gasteiger charge is 2.15. The van der Waals surface area contributed by atoms with Crippen molar-refractivity contribution in [1.29, 1.82) is 0 Å². The summed E-state index contributed by atoms with van der Waals surface area (Å²) in [7, 11) is 0. The van der Waals surface area contributed by atoms with Gasteiger partial charge < -0.3 is 5.11 Å². The Labute approximate surface area is 119 Å². The highest BCUT2D eigenvalue weighted by atomic mass is 16.4. The molecule has 20 heavy (non-hydrogen) atoms. The number of unbranched alkanes of at least 4 members (excludes halogenated alkanes) is 1. The molecule has 0 atom stereocenters. The second kappa shape index (κ2) is 5.90. The maximum atomic E-state index is 11.1. The molecule has 0 aliphatic rings. The third-order valence-corrected chi connectivity index (χ3v) is 3.38. The van der Waals surface area contributed by atoms with Crippen molar-refractivity contribution in [2.24, 2.45) is 0 Å². The van der Waals surface area contributed by atoms with Gasteiger partial charge in [-0.25, -0.2) is 4.79 Å². The Hall–Kier alpha value is -2.10. The van der Waals surface area contributed by atoms with E-state index in [1.54, 1.807) is 6.07 Å². The second-order valence-electron chi connectivity index (χ2n) is 5.12. The van der Waals surface area contributed by atoms with Crippen molar-refractivity contribution >= 4 is 5.97 Å². The maximum absolute atomic E-state index is 11.1. The summed E-state index contributed by atoms with van der Waals surface area (Å²) in [4.78, 5) is 11.1. The lowest BCUT2D eigenvalue weighted by Crippen LogP contribution is -2.05. The van der Waals surface area contributed by atoms with Gasteiger partial charge in [0, 0.05) is 12.1 Å². The minimum absolute atomic E-state index is 0.107. The van der Waals surface area contributed by atoms with Crippen LogP contribution < -0.4 is 0 Å². The lowest BCUT2D eigenvalue weighted by atomic mass is 10.0. The SMILES string of the molecule is CCCCn1nc(C(=O)O)cc1-c1ccc(C)cc1C. The number of aromatic carboxylic acids is 1. The molecule has 1 aromatic carbocycles. The van der Waals surface area contributed by atoms with Crippen LogP contribution in [0.4, 0.5) is 0 Å². The third kappa shape index (κ3) is 2.90. The zero-order valence-corrected chi connectivity index (χ0v) is 12.2. The predicted octanol–water partition coefficient (Wildman–Crippen LogP) is 3.67. The number of nitrogens with zero attached hydrogens (tertiary/aromatic N) is 2. The van der Waals surface area contributed by atoms with Crippen LogP contribution in [0, 0.1) is 13.8 Å². The number of rotatable bonds is 5. The standard InChI is InChI=1S/C16H20N2O2/c1-4-5-8-18-15(10-14(17-18)16(19)20)13-7-6-11(2)9-12(13)3/h6-7,9-10H,4-5,8H2,1-3H3,(H,19,20). The molecule has 0 aliphatic heterocycles. The van der Waals surface area contributed by atoms with E-state index in [1.165, 1.54) is 5.56 Å². The smallest absolute Gasteiger partial charge is 0.356 e. The molecular weight excluding hydrogens is 252 g/mol. The molecule has 4 heteroatoms. The fourth-order valence-corrected chi connectivity index (χ4v) is 2.32. The Kier molecular flexibility index (Phi) is 4.23. The van der Waals surface area contributed by atoms with Gasteiger partial charge in [0.2, 0.25) is 0 Å². The van der Waals surface area contributed by atoms with Gasteiger partial charge in [-0.1, -0.05) is 37.1 Å². The molecular formula is C16H20N2O2. The molecule has 0 amide bonds. The van der Waals surface area contributed by atoms with Gasteiger partial charge in [-0.3, -0.25) is 4.68 Å². The minimum atomic E-state index is -0.980. The number of hydrogen-bond acceptors (Lipinski definition) is 2. The van der Waals surface area contributed by atoms with Crippen molar-refractivity contribution in [1.82, 2.24) is 9.78 Å². The van der Waals surface area contributed by atoms with Crippen LogP contribution in [-0.4, -0.2) is 20.9 Å². The lowest BCUT2D eigenvalue weighted by molar-refractivity contribution is 0.0689. The van der Waals surface area contributed by atoms with Crippen LogP contribution >= 0.6 is 0 Å². The van der Waals surface area contributed by atoms with Crippen molar-refractivity contribution in [3.05, 3.63) is 41.1 Å². The fraction of sp³-hybridized carbons (Fsp3) is 0.375. The molecule has 0 spiro atoms. The largest absolute Gasteiger partial charge is 0.476 e. The summed E-state index contributed by atoms with van der Waals surface area (Å²) in [6, 6.07) is 7.85. The summed E-state index contributed by atoms with van der Waals surface area (Å²) >= 11 is 0. The van der Waals surface area contributed by atoms with Crippen LogP contribution in [0.2, 0.25) is 0 Å². The molecule has 106 valence electrons. The summed E-state index contributed by atoms with van der Waals surface area (Å²) in [6.07, 6.45) is 2.03. The van der Waals surface area contributed by atoms with Gasteiger partial charge in [0.15, 0.2) is 5.69 Å². The number of carboxylic acids is 1. The van der Waals surface area contributed by atoms with E-state index < -0.39 is 5.97 Å². The molecule has 1 N–H and O–H groups in total. The summed E-state index contributed by atoms with van der Waals surface area (Å²) in [5.41, 5.74) is 4.38. The molecule has 1 heterocycles. The topological polar surface area (TPSA) is 55.1 Å². The van der Waals surface area contributed by atoms with Gasteiger partial charge >= 0.3 is 5.97 Å². The first-order chi connectivity index (χ1) is 9.52. The molecule has 0 unspecified atom stereocenters. The number of aromatic nitrogens is 2. The zero-order chi connectivity index (χ0) is 14.7. The van der Waals surface area contributed by atoms with Crippen LogP contribution in [0.5, 0.6) is 0 Å². The summed E-state index contributed by atoms with van der Waals surface area (Å²) < 4.78 is 1.81. The van der Waals surface area contributed by atoms with Gasteiger partial charge in [0.05, 0.1) is 5.69 Å². The molecule has 2 aromatic rings. The predicted molar refractivity (Wildman–Crippen MR) is 79.0 cm³/mol. The molecule has 0 saturated carbocycles. The van der Waals surface area contributed by atoms with Crippen LogP contribution in [0.15, 0.2) is 24.3 Å². The van der Waals surface area contributed by atoms with Gasteiger partial charge in [0.1, 0.15) is 0 Å². The van der Waals surface area contributed by atoms with Gasteiger partial charge in [0.25, 0.3) is 0 Å². The normalized spacial score (nSPS) is 10.8. The Morgan fingerprint density at radius 1 is 1.30 bits per heavy atom. The zero-order valence-electron chi connectivity index (χ0n) is 12.2. The van der Waals surface area contributed by atoms with Gasteiger partial charge in [-0.15, -0.1) is 0 Å². The Bertz CT molecular complexity index is 629. The van der Waals surface area contributed by atoms with Crippen molar-refractivity contribution in [2.75, 3.05) is 0 Å². The van der Waals surface area contributed by atoms with Crippen molar-refractivity contribution in [3.8, 4) is 11.3 Å². The minimum Gasteiger partial charge on any atom is -0.476 e. The first-order valence-corrected chi connectivity index (χ1v) is 6.91. The average molecular weight is 272 g/mol. The quantitative estimate of drug-likeness (QED) is 0.903. The first-order valence-electron chi connectivity index (χ1n) is 6.91. The second-order valence-corrected chi connectivity index (χ2v) is 5.12. The number of carbonyl (C=O) groups is 1. The molecule has 0 aliphatic carbocycles. The van der Waals surface area contributed by atoms with E-state index in [0.717, 1.165) is 36.2 Å². The summed E-state index contributed by atoms with van der Waals surface area (Å²) in [6.45, 7) is 6.94. The van der Waals surface area contributed by atoms with Crippen LogP contribution in [0.3, 0.4) is 0 Å². The molecule has 2 rings (SSSR count). The van der Waals surface area contributed by atoms with E-state index in [2.05, 4.69) is 18.1 Å². The Morgan fingerprint density at radius 3 is 2.65 bits per heavy atom. The number of carboxylic acid groups (broad SMARTS) is 1. The molecule has 0 radical (unpaired) electrons. The maximum Gasteiger partial charge on any atom is 0.356 e. The highest BCUT2D eigenvalue weighted by Crippen LogP contribution is 2.25. The number of benzene rings is 1. The van der Waals surface area contributed by atoms with Crippen LogP contribution in [-0.2, 0) is 6.54 Å². The Morgan fingerprint density at radius 2 is 2.05 bits per heavy atom. The van der Waals surface area contributed by atoms with E-state index in [-0.39, 0.29) is 5.69 Å². The fourth-order valence-electron chi connectivity index (χ4n) is 2.32. The van der Waals surface area contributed by atoms with E-state index >= 15 is 0 Å². The van der Waals surface area contributed by atoms with Crippen LogP contribution in [0.1, 0.15) is 41.4 Å². The van der Waals surface area contributed by atoms with Crippen molar-refractivity contribution in [2.45, 2.75) is 40.2 Å². The molecule has 0 saturated heterocycles. The van der Waals surface area contributed by atoms with E-state index in [4.69, 9.17) is 5.11 Å². The van der Waals surface area contributed by atoms with E-state index in [0.29, 0.717) is 0 Å². The Balaban J connectivity index is 2.50. The molecule has 4 nitrogen and oxygen atoms in total. The summed E-state index contributed by atoms with van der Waals surface area (Å²) in [5.74, 6) is -0.980. The lowest BCUT2D eigenvalue weighted by Gasteiger charge is -2.10. The number of hydrogen-bond donors (Lipinski definition) is 1. The molecule has 1 aromatic heterocycles. The molecule has 0 fully saturated rings. The van der Waals surface area contributed by atoms with E-state index in [9.17, 15) is 4.79 Å². The van der Waals surface area contributed by atoms with E-state index in [1.807, 2.05) is 30.7 Å². The summed E-state index contributed by atoms with van der Waals surface area (Å²) in [5, 5.41) is 13.3. The highest BCUT2D eigenvalue weighted by molar-refractivity contribution is 5.87. The monoisotopic (exact) mass is 272 g/mol.